The molecule has 0 aliphatic carbocycles. The first-order chi connectivity index (χ1) is 11.2. The predicted octanol–water partition coefficient (Wildman–Crippen LogP) is 5.34. The third-order valence-corrected chi connectivity index (χ3v) is 3.90. The molecule has 2 heteroatoms. The van der Waals surface area contributed by atoms with E-state index in [0.29, 0.717) is 0 Å². The number of benzene rings is 3. The molecule has 0 radical (unpaired) electrons. The summed E-state index contributed by atoms with van der Waals surface area (Å²) in [6, 6.07) is 18.9. The van der Waals surface area contributed by atoms with Gasteiger partial charge in [0.25, 0.3) is 0 Å². The summed E-state index contributed by atoms with van der Waals surface area (Å²) in [5.74, 6) is 1.48. The van der Waals surface area contributed by atoms with E-state index in [9.17, 15) is 0 Å². The molecule has 0 spiro atoms. The second-order valence-electron chi connectivity index (χ2n) is 5.56. The van der Waals surface area contributed by atoms with Gasteiger partial charge in [0.2, 0.25) is 0 Å². The Bertz CT molecular complexity index is 863. The second-order valence-corrected chi connectivity index (χ2v) is 5.56. The van der Waals surface area contributed by atoms with E-state index in [2.05, 4.69) is 55.5 Å². The molecule has 0 bridgehead atoms. The van der Waals surface area contributed by atoms with Crippen molar-refractivity contribution in [3.05, 3.63) is 71.3 Å². The smallest absolute Gasteiger partial charge is 0.161 e. The van der Waals surface area contributed by atoms with E-state index in [0.717, 1.165) is 17.1 Å². The SMILES string of the molecule is COc1ccc(C=Cc2ccc3cc(C)ccc3c2)cc1OC. The fraction of sp³-hybridized carbons (Fsp3) is 0.143. The average molecular weight is 304 g/mol. The van der Waals surface area contributed by atoms with Gasteiger partial charge < -0.3 is 9.47 Å². The van der Waals surface area contributed by atoms with Crippen LogP contribution in [-0.2, 0) is 0 Å². The van der Waals surface area contributed by atoms with Gasteiger partial charge in [-0.1, -0.05) is 54.1 Å². The normalized spacial score (nSPS) is 11.1. The molecule has 0 aliphatic rings. The number of rotatable bonds is 4. The van der Waals surface area contributed by atoms with Crippen molar-refractivity contribution in [3.8, 4) is 11.5 Å². The number of aryl methyl sites for hydroxylation is 1. The van der Waals surface area contributed by atoms with Crippen molar-refractivity contribution in [2.75, 3.05) is 14.2 Å². The maximum absolute atomic E-state index is 5.34. The number of fused-ring (bicyclic) bond motifs is 1. The van der Waals surface area contributed by atoms with Gasteiger partial charge in [-0.15, -0.1) is 0 Å². The maximum atomic E-state index is 5.34. The fourth-order valence-electron chi connectivity index (χ4n) is 2.64. The van der Waals surface area contributed by atoms with Gasteiger partial charge in [-0.05, 0) is 47.0 Å². The number of methoxy groups -OCH3 is 2. The van der Waals surface area contributed by atoms with Gasteiger partial charge >= 0.3 is 0 Å². The highest BCUT2D eigenvalue weighted by Crippen LogP contribution is 2.28. The van der Waals surface area contributed by atoms with E-state index in [4.69, 9.17) is 9.47 Å². The standard InChI is InChI=1S/C21H20O2/c1-15-4-9-19-13-16(7-10-18(19)12-15)5-6-17-8-11-20(22-2)21(14-17)23-3/h4-14H,1-3H3. The molecule has 0 unspecified atom stereocenters. The summed E-state index contributed by atoms with van der Waals surface area (Å²) in [7, 11) is 3.29. The van der Waals surface area contributed by atoms with Crippen molar-refractivity contribution in [1.82, 2.24) is 0 Å². The molecule has 0 saturated carbocycles. The lowest BCUT2D eigenvalue weighted by atomic mass is 10.0. The van der Waals surface area contributed by atoms with Gasteiger partial charge in [-0.3, -0.25) is 0 Å². The van der Waals surface area contributed by atoms with Crippen LogP contribution in [0.15, 0.2) is 54.6 Å². The Kier molecular flexibility index (Phi) is 4.33. The Labute approximate surface area is 137 Å². The van der Waals surface area contributed by atoms with Gasteiger partial charge in [-0.2, -0.15) is 0 Å². The highest BCUT2D eigenvalue weighted by Gasteiger charge is 2.02. The Hall–Kier alpha value is -2.74. The molecule has 3 aromatic rings. The zero-order chi connectivity index (χ0) is 16.2. The molecule has 0 saturated heterocycles. The summed E-state index contributed by atoms with van der Waals surface area (Å²) in [6.07, 6.45) is 4.19. The Morgan fingerprint density at radius 1 is 0.652 bits per heavy atom. The fourth-order valence-corrected chi connectivity index (χ4v) is 2.64. The van der Waals surface area contributed by atoms with Crippen LogP contribution in [0.4, 0.5) is 0 Å². The minimum atomic E-state index is 0.739. The van der Waals surface area contributed by atoms with Crippen molar-refractivity contribution in [2.24, 2.45) is 0 Å². The van der Waals surface area contributed by atoms with Gasteiger partial charge in [0, 0.05) is 0 Å². The first-order valence-electron chi connectivity index (χ1n) is 7.60. The lowest BCUT2D eigenvalue weighted by molar-refractivity contribution is 0.355. The summed E-state index contributed by atoms with van der Waals surface area (Å²) in [5, 5.41) is 2.53. The van der Waals surface area contributed by atoms with Crippen molar-refractivity contribution >= 4 is 22.9 Å². The molecule has 116 valence electrons. The van der Waals surface area contributed by atoms with E-state index in [-0.39, 0.29) is 0 Å². The summed E-state index contributed by atoms with van der Waals surface area (Å²) in [4.78, 5) is 0. The van der Waals surface area contributed by atoms with E-state index >= 15 is 0 Å². The summed E-state index contributed by atoms with van der Waals surface area (Å²) < 4.78 is 10.6. The number of hydrogen-bond acceptors (Lipinski definition) is 2. The molecule has 0 aliphatic heterocycles. The summed E-state index contributed by atoms with van der Waals surface area (Å²) in [5.41, 5.74) is 3.54. The van der Waals surface area contributed by atoms with Crippen LogP contribution in [0.2, 0.25) is 0 Å². The van der Waals surface area contributed by atoms with E-state index < -0.39 is 0 Å². The third-order valence-electron chi connectivity index (χ3n) is 3.90. The van der Waals surface area contributed by atoms with Gasteiger partial charge in [0.1, 0.15) is 0 Å². The molecule has 0 aromatic heterocycles. The zero-order valence-electron chi connectivity index (χ0n) is 13.7. The first-order valence-corrected chi connectivity index (χ1v) is 7.60. The molecule has 0 fully saturated rings. The highest BCUT2D eigenvalue weighted by atomic mass is 16.5. The van der Waals surface area contributed by atoms with Crippen LogP contribution < -0.4 is 9.47 Å². The van der Waals surface area contributed by atoms with Crippen LogP contribution in [0.5, 0.6) is 11.5 Å². The number of ether oxygens (including phenoxy) is 2. The van der Waals surface area contributed by atoms with Gasteiger partial charge in [0.15, 0.2) is 11.5 Å². The Morgan fingerprint density at radius 2 is 1.26 bits per heavy atom. The lowest BCUT2D eigenvalue weighted by Gasteiger charge is -2.07. The predicted molar refractivity (Wildman–Crippen MR) is 97.2 cm³/mol. The van der Waals surface area contributed by atoms with Crippen LogP contribution in [0, 0.1) is 6.92 Å². The number of hydrogen-bond donors (Lipinski definition) is 0. The first kappa shape index (κ1) is 15.2. The molecular weight excluding hydrogens is 284 g/mol. The van der Waals surface area contributed by atoms with Crippen LogP contribution >= 0.6 is 0 Å². The average Bonchev–Trinajstić information content (AvgIpc) is 2.59. The van der Waals surface area contributed by atoms with Crippen molar-refractivity contribution in [1.29, 1.82) is 0 Å². The van der Waals surface area contributed by atoms with Crippen LogP contribution in [0.25, 0.3) is 22.9 Å². The molecule has 3 aromatic carbocycles. The lowest BCUT2D eigenvalue weighted by Crippen LogP contribution is -1.90. The summed E-state index contributed by atoms with van der Waals surface area (Å²) in [6.45, 7) is 2.12. The maximum Gasteiger partial charge on any atom is 0.161 e. The highest BCUT2D eigenvalue weighted by molar-refractivity contribution is 5.86. The minimum absolute atomic E-state index is 0.739. The van der Waals surface area contributed by atoms with Crippen LogP contribution in [-0.4, -0.2) is 14.2 Å². The topological polar surface area (TPSA) is 18.5 Å². The molecule has 3 rings (SSSR count). The molecule has 0 N–H and O–H groups in total. The largest absolute Gasteiger partial charge is 0.493 e. The molecule has 2 nitrogen and oxygen atoms in total. The second kappa shape index (κ2) is 6.57. The van der Waals surface area contributed by atoms with Crippen molar-refractivity contribution in [2.45, 2.75) is 6.92 Å². The zero-order valence-corrected chi connectivity index (χ0v) is 13.7. The quantitative estimate of drug-likeness (QED) is 0.606. The van der Waals surface area contributed by atoms with Gasteiger partial charge in [-0.25, -0.2) is 0 Å². The van der Waals surface area contributed by atoms with E-state index in [1.807, 2.05) is 18.2 Å². The van der Waals surface area contributed by atoms with E-state index in [1.165, 1.54) is 21.9 Å². The van der Waals surface area contributed by atoms with Crippen molar-refractivity contribution < 1.29 is 9.47 Å². The van der Waals surface area contributed by atoms with Crippen molar-refractivity contribution in [3.63, 3.8) is 0 Å². The van der Waals surface area contributed by atoms with Crippen LogP contribution in [0.3, 0.4) is 0 Å². The van der Waals surface area contributed by atoms with Gasteiger partial charge in [0.05, 0.1) is 14.2 Å². The molecule has 0 heterocycles. The Morgan fingerprint density at radius 3 is 2.00 bits per heavy atom. The minimum Gasteiger partial charge on any atom is -0.493 e. The summed E-state index contributed by atoms with van der Waals surface area (Å²) >= 11 is 0. The molecule has 23 heavy (non-hydrogen) atoms. The van der Waals surface area contributed by atoms with Crippen LogP contribution in [0.1, 0.15) is 16.7 Å². The molecule has 0 amide bonds. The van der Waals surface area contributed by atoms with E-state index in [1.54, 1.807) is 14.2 Å². The third kappa shape index (κ3) is 3.37. The monoisotopic (exact) mass is 304 g/mol. The Balaban J connectivity index is 1.89. The molecule has 0 atom stereocenters. The molecular formula is C21H20O2.